The molecule has 0 unspecified atom stereocenters. The zero-order valence-corrected chi connectivity index (χ0v) is 13.5. The Morgan fingerprint density at radius 1 is 1.26 bits per heavy atom. The van der Waals surface area contributed by atoms with Gasteiger partial charge in [-0.15, -0.1) is 11.3 Å². The van der Waals surface area contributed by atoms with E-state index in [9.17, 15) is 18.0 Å². The number of nitrogens with zero attached hydrogens (tertiary/aromatic N) is 2. The number of carbonyl (C=O) groups excluding carboxylic acids is 1. The van der Waals surface area contributed by atoms with Gasteiger partial charge in [-0.25, -0.2) is 0 Å². The molecule has 124 valence electrons. The molecule has 4 nitrogen and oxygen atoms in total. The quantitative estimate of drug-likeness (QED) is 0.754. The molecule has 0 fully saturated rings. The van der Waals surface area contributed by atoms with E-state index in [1.54, 1.807) is 12.1 Å². The summed E-state index contributed by atoms with van der Waals surface area (Å²) >= 11 is 0.551. The van der Waals surface area contributed by atoms with E-state index in [0.717, 1.165) is 6.07 Å². The van der Waals surface area contributed by atoms with Crippen LogP contribution in [0.1, 0.15) is 25.6 Å². The first-order valence-electron chi connectivity index (χ1n) is 6.66. The number of rotatable bonds is 4. The summed E-state index contributed by atoms with van der Waals surface area (Å²) in [5.41, 5.74) is -0.487. The lowest BCUT2D eigenvalue weighted by Crippen LogP contribution is -2.40. The van der Waals surface area contributed by atoms with Gasteiger partial charge in [0, 0.05) is 23.1 Å². The van der Waals surface area contributed by atoms with E-state index < -0.39 is 16.6 Å². The van der Waals surface area contributed by atoms with E-state index >= 15 is 0 Å². The number of halogens is 3. The minimum absolute atomic E-state index is 0.0559. The fraction of sp³-hybridized carbons (Fsp3) is 0.333. The summed E-state index contributed by atoms with van der Waals surface area (Å²) < 4.78 is 43.1. The van der Waals surface area contributed by atoms with Gasteiger partial charge in [-0.2, -0.15) is 18.2 Å². The molecule has 0 spiro atoms. The first kappa shape index (κ1) is 17.3. The molecule has 0 aliphatic rings. The van der Waals surface area contributed by atoms with E-state index in [4.69, 9.17) is 4.74 Å². The van der Waals surface area contributed by atoms with E-state index in [1.807, 2.05) is 20.8 Å². The van der Waals surface area contributed by atoms with Gasteiger partial charge >= 0.3 is 6.18 Å². The SMILES string of the molecule is CC(C)(C)N(C=O)c1cccc(Oc2csc(C(F)(F)F)c2)n1. The topological polar surface area (TPSA) is 42.4 Å². The van der Waals surface area contributed by atoms with Crippen molar-refractivity contribution in [2.75, 3.05) is 4.90 Å². The van der Waals surface area contributed by atoms with E-state index in [-0.39, 0.29) is 11.6 Å². The molecule has 8 heteroatoms. The summed E-state index contributed by atoms with van der Waals surface area (Å²) in [7, 11) is 0. The summed E-state index contributed by atoms with van der Waals surface area (Å²) in [6.45, 7) is 5.52. The summed E-state index contributed by atoms with van der Waals surface area (Å²) in [5.74, 6) is 0.529. The number of hydrogen-bond donors (Lipinski definition) is 0. The van der Waals surface area contributed by atoms with E-state index in [2.05, 4.69) is 4.98 Å². The Labute approximate surface area is 135 Å². The minimum atomic E-state index is -4.40. The third-order valence-electron chi connectivity index (χ3n) is 2.86. The molecule has 0 aliphatic carbocycles. The number of thiophene rings is 1. The van der Waals surface area contributed by atoms with Gasteiger partial charge in [-0.3, -0.25) is 9.69 Å². The highest BCUT2D eigenvalue weighted by molar-refractivity contribution is 7.10. The van der Waals surface area contributed by atoms with Gasteiger partial charge in [-0.1, -0.05) is 6.07 Å². The first-order valence-corrected chi connectivity index (χ1v) is 7.54. The number of anilines is 1. The number of pyridine rings is 1. The largest absolute Gasteiger partial charge is 0.438 e. The van der Waals surface area contributed by atoms with Crippen LogP contribution in [-0.4, -0.2) is 16.9 Å². The monoisotopic (exact) mass is 344 g/mol. The highest BCUT2D eigenvalue weighted by Gasteiger charge is 2.32. The van der Waals surface area contributed by atoms with Crippen molar-refractivity contribution in [3.8, 4) is 11.6 Å². The van der Waals surface area contributed by atoms with Crippen LogP contribution in [0.3, 0.4) is 0 Å². The maximum Gasteiger partial charge on any atom is 0.425 e. The van der Waals surface area contributed by atoms with Crippen LogP contribution in [0.2, 0.25) is 0 Å². The lowest BCUT2D eigenvalue weighted by atomic mass is 10.1. The zero-order valence-electron chi connectivity index (χ0n) is 12.7. The normalized spacial score (nSPS) is 12.1. The van der Waals surface area contributed by atoms with Crippen LogP contribution in [0, 0.1) is 0 Å². The fourth-order valence-electron chi connectivity index (χ4n) is 1.79. The van der Waals surface area contributed by atoms with E-state index in [1.165, 1.54) is 16.3 Å². The van der Waals surface area contributed by atoms with Crippen molar-refractivity contribution in [2.24, 2.45) is 0 Å². The maximum absolute atomic E-state index is 12.6. The molecule has 0 atom stereocenters. The molecule has 2 aromatic heterocycles. The molecule has 2 heterocycles. The number of amides is 1. The van der Waals surface area contributed by atoms with Crippen LogP contribution in [0.15, 0.2) is 29.6 Å². The fourth-order valence-corrected chi connectivity index (χ4v) is 2.47. The van der Waals surface area contributed by atoms with Crippen LogP contribution < -0.4 is 9.64 Å². The Morgan fingerprint density at radius 2 is 1.96 bits per heavy atom. The predicted molar refractivity (Wildman–Crippen MR) is 81.9 cm³/mol. The van der Waals surface area contributed by atoms with Crippen LogP contribution >= 0.6 is 11.3 Å². The molecule has 0 saturated carbocycles. The van der Waals surface area contributed by atoms with Gasteiger partial charge in [0.25, 0.3) is 0 Å². The second-order valence-corrected chi connectivity index (χ2v) is 6.64. The van der Waals surface area contributed by atoms with Crippen molar-refractivity contribution in [3.05, 3.63) is 34.5 Å². The Morgan fingerprint density at radius 3 is 2.48 bits per heavy atom. The molecule has 0 radical (unpaired) electrons. The van der Waals surface area contributed by atoms with Gasteiger partial charge in [0.2, 0.25) is 12.3 Å². The lowest BCUT2D eigenvalue weighted by molar-refractivity contribution is -0.134. The van der Waals surface area contributed by atoms with Crippen molar-refractivity contribution in [1.29, 1.82) is 0 Å². The smallest absolute Gasteiger partial charge is 0.425 e. The van der Waals surface area contributed by atoms with Crippen LogP contribution in [-0.2, 0) is 11.0 Å². The molecule has 2 aromatic rings. The minimum Gasteiger partial charge on any atom is -0.438 e. The van der Waals surface area contributed by atoms with Crippen LogP contribution in [0.25, 0.3) is 0 Å². The number of hydrogen-bond acceptors (Lipinski definition) is 4. The number of carbonyl (C=O) groups is 1. The first-order chi connectivity index (χ1) is 10.6. The zero-order chi connectivity index (χ0) is 17.3. The van der Waals surface area contributed by atoms with Crippen molar-refractivity contribution in [2.45, 2.75) is 32.5 Å². The van der Waals surface area contributed by atoms with Gasteiger partial charge in [0.15, 0.2) is 0 Å². The highest BCUT2D eigenvalue weighted by Crippen LogP contribution is 2.37. The summed E-state index contributed by atoms with van der Waals surface area (Å²) in [4.78, 5) is 16.1. The Hall–Kier alpha value is -2.09. The highest BCUT2D eigenvalue weighted by atomic mass is 32.1. The molecule has 0 bridgehead atoms. The molecule has 0 saturated heterocycles. The summed E-state index contributed by atoms with van der Waals surface area (Å²) in [6.07, 6.45) is -3.75. The van der Waals surface area contributed by atoms with Crippen molar-refractivity contribution >= 4 is 23.6 Å². The average molecular weight is 344 g/mol. The predicted octanol–water partition coefficient (Wildman–Crippen LogP) is 4.72. The summed E-state index contributed by atoms with van der Waals surface area (Å²) in [5, 5.41) is 1.26. The molecule has 1 amide bonds. The van der Waals surface area contributed by atoms with Crippen molar-refractivity contribution < 1.29 is 22.7 Å². The molecular weight excluding hydrogens is 329 g/mol. The van der Waals surface area contributed by atoms with Crippen LogP contribution in [0.4, 0.5) is 19.0 Å². The average Bonchev–Trinajstić information content (AvgIpc) is 2.87. The maximum atomic E-state index is 12.6. The summed E-state index contributed by atoms with van der Waals surface area (Å²) in [6, 6.07) is 5.68. The number of aromatic nitrogens is 1. The molecule has 0 N–H and O–H groups in total. The molecule has 0 aliphatic heterocycles. The Balaban J connectivity index is 2.24. The lowest BCUT2D eigenvalue weighted by Gasteiger charge is -2.31. The van der Waals surface area contributed by atoms with Crippen molar-refractivity contribution in [1.82, 2.24) is 4.98 Å². The third kappa shape index (κ3) is 4.22. The second-order valence-electron chi connectivity index (χ2n) is 5.73. The molecule has 0 aromatic carbocycles. The Kier molecular flexibility index (Phi) is 4.65. The molecule has 2 rings (SSSR count). The van der Waals surface area contributed by atoms with Crippen LogP contribution in [0.5, 0.6) is 11.6 Å². The second kappa shape index (κ2) is 6.19. The Bertz CT molecular complexity index is 693. The van der Waals surface area contributed by atoms with Gasteiger partial charge in [0.05, 0.1) is 0 Å². The molecule has 23 heavy (non-hydrogen) atoms. The molecular formula is C15H15F3N2O2S. The van der Waals surface area contributed by atoms with Gasteiger partial charge < -0.3 is 4.74 Å². The standard InChI is InChI=1S/C15H15F3N2O2S/c1-14(2,3)20(9-21)12-5-4-6-13(19-12)22-10-7-11(23-8-10)15(16,17)18/h4-9H,1-3H3. The number of alkyl halides is 3. The van der Waals surface area contributed by atoms with Gasteiger partial charge in [0.1, 0.15) is 16.4 Å². The number of ether oxygens (including phenoxy) is 1. The third-order valence-corrected chi connectivity index (χ3v) is 3.81. The van der Waals surface area contributed by atoms with Gasteiger partial charge in [-0.05, 0) is 26.8 Å². The van der Waals surface area contributed by atoms with Crippen molar-refractivity contribution in [3.63, 3.8) is 0 Å². The van der Waals surface area contributed by atoms with E-state index in [0.29, 0.717) is 23.6 Å².